The summed E-state index contributed by atoms with van der Waals surface area (Å²) in [6.07, 6.45) is 2.95. The van der Waals surface area contributed by atoms with Crippen LogP contribution in [0.25, 0.3) is 0 Å². The molecule has 120 valence electrons. The molecule has 0 atom stereocenters. The molecule has 1 aromatic rings. The molecule has 0 bridgehead atoms. The molecule has 1 aliphatic rings. The van der Waals surface area contributed by atoms with Crippen LogP contribution in [0.3, 0.4) is 0 Å². The van der Waals surface area contributed by atoms with Gasteiger partial charge in [-0.3, -0.25) is 0 Å². The van der Waals surface area contributed by atoms with Crippen LogP contribution in [0, 0.1) is 5.92 Å². The van der Waals surface area contributed by atoms with E-state index in [0.29, 0.717) is 31.8 Å². The Labute approximate surface area is 134 Å². The van der Waals surface area contributed by atoms with Crippen molar-refractivity contribution in [2.75, 3.05) is 5.75 Å². The summed E-state index contributed by atoms with van der Waals surface area (Å²) < 4.78 is 28.1. The number of alkyl halides is 2. The Morgan fingerprint density at radius 1 is 1.38 bits per heavy atom. The van der Waals surface area contributed by atoms with Crippen molar-refractivity contribution in [3.8, 4) is 0 Å². The van der Waals surface area contributed by atoms with E-state index in [9.17, 15) is 8.78 Å². The standard InChI is InChI=1S/C13H20F2N4S.ClH/c1-2-7-19-11(8-16)17-18-12(19)20-9-10-3-5-13(14,15)6-4-10;/h2,10H,1,3-9,16H2;1H. The molecule has 0 unspecified atom stereocenters. The number of hydrogen-bond donors (Lipinski definition) is 1. The summed E-state index contributed by atoms with van der Waals surface area (Å²) in [5, 5.41) is 8.95. The van der Waals surface area contributed by atoms with Crippen molar-refractivity contribution in [3.05, 3.63) is 18.5 Å². The molecule has 1 fully saturated rings. The zero-order valence-electron chi connectivity index (χ0n) is 11.8. The number of halogens is 3. The topological polar surface area (TPSA) is 56.7 Å². The molecular weight excluding hydrogens is 318 g/mol. The van der Waals surface area contributed by atoms with Gasteiger partial charge in [-0.1, -0.05) is 17.8 Å². The number of nitrogens with zero attached hydrogens (tertiary/aromatic N) is 3. The number of nitrogens with two attached hydrogens (primary N) is 1. The van der Waals surface area contributed by atoms with Crippen LogP contribution < -0.4 is 5.73 Å². The van der Waals surface area contributed by atoms with Gasteiger partial charge in [0.1, 0.15) is 5.82 Å². The van der Waals surface area contributed by atoms with Crippen molar-refractivity contribution in [2.45, 2.75) is 49.9 Å². The van der Waals surface area contributed by atoms with Gasteiger partial charge in [-0.2, -0.15) is 0 Å². The lowest BCUT2D eigenvalue weighted by molar-refractivity contribution is -0.0433. The van der Waals surface area contributed by atoms with Gasteiger partial charge < -0.3 is 10.3 Å². The summed E-state index contributed by atoms with van der Waals surface area (Å²) >= 11 is 1.57. The maximum absolute atomic E-state index is 13.1. The first-order valence-corrected chi connectivity index (χ1v) is 7.78. The molecule has 0 saturated heterocycles. The Balaban J connectivity index is 0.00000220. The van der Waals surface area contributed by atoms with Crippen molar-refractivity contribution < 1.29 is 8.78 Å². The molecule has 2 N–H and O–H groups in total. The van der Waals surface area contributed by atoms with Gasteiger partial charge in [0.15, 0.2) is 5.16 Å². The highest BCUT2D eigenvalue weighted by Crippen LogP contribution is 2.38. The van der Waals surface area contributed by atoms with E-state index in [1.54, 1.807) is 17.8 Å². The fourth-order valence-corrected chi connectivity index (χ4v) is 3.50. The van der Waals surface area contributed by atoms with Gasteiger partial charge in [-0.15, -0.1) is 29.2 Å². The maximum Gasteiger partial charge on any atom is 0.248 e. The Bertz CT molecular complexity index is 457. The zero-order chi connectivity index (χ0) is 14.6. The van der Waals surface area contributed by atoms with E-state index in [0.717, 1.165) is 16.7 Å². The van der Waals surface area contributed by atoms with Gasteiger partial charge in [0.05, 0.1) is 6.54 Å². The van der Waals surface area contributed by atoms with Crippen molar-refractivity contribution >= 4 is 24.2 Å². The van der Waals surface area contributed by atoms with Gasteiger partial charge in [0.2, 0.25) is 5.92 Å². The van der Waals surface area contributed by atoms with Crippen LogP contribution in [0.1, 0.15) is 31.5 Å². The van der Waals surface area contributed by atoms with Crippen molar-refractivity contribution in [1.82, 2.24) is 14.8 Å². The molecule has 1 aromatic heterocycles. The highest BCUT2D eigenvalue weighted by molar-refractivity contribution is 7.99. The van der Waals surface area contributed by atoms with E-state index in [2.05, 4.69) is 16.8 Å². The lowest BCUT2D eigenvalue weighted by Gasteiger charge is -2.27. The van der Waals surface area contributed by atoms with Crippen molar-refractivity contribution in [2.24, 2.45) is 11.7 Å². The van der Waals surface area contributed by atoms with Crippen molar-refractivity contribution in [1.29, 1.82) is 0 Å². The lowest BCUT2D eigenvalue weighted by atomic mass is 9.88. The maximum atomic E-state index is 13.1. The Morgan fingerprint density at radius 2 is 2.05 bits per heavy atom. The third kappa shape index (κ3) is 4.93. The van der Waals surface area contributed by atoms with Gasteiger partial charge in [0.25, 0.3) is 0 Å². The van der Waals surface area contributed by atoms with Gasteiger partial charge in [-0.25, -0.2) is 8.78 Å². The smallest absolute Gasteiger partial charge is 0.248 e. The van der Waals surface area contributed by atoms with Crippen LogP contribution in [0.15, 0.2) is 17.8 Å². The molecule has 1 saturated carbocycles. The fourth-order valence-electron chi connectivity index (χ4n) is 2.35. The predicted octanol–water partition coefficient (Wildman–Crippen LogP) is 3.26. The summed E-state index contributed by atoms with van der Waals surface area (Å²) in [7, 11) is 0. The number of aromatic nitrogens is 3. The monoisotopic (exact) mass is 338 g/mol. The first kappa shape index (κ1) is 18.4. The molecule has 4 nitrogen and oxygen atoms in total. The molecule has 0 amide bonds. The van der Waals surface area contributed by atoms with Crippen LogP contribution in [-0.2, 0) is 13.1 Å². The molecule has 21 heavy (non-hydrogen) atoms. The van der Waals surface area contributed by atoms with Crippen LogP contribution in [0.2, 0.25) is 0 Å². The third-order valence-electron chi connectivity index (χ3n) is 3.57. The van der Waals surface area contributed by atoms with Gasteiger partial charge in [0, 0.05) is 25.1 Å². The summed E-state index contributed by atoms with van der Waals surface area (Å²) in [6.45, 7) is 4.65. The zero-order valence-corrected chi connectivity index (χ0v) is 13.4. The van der Waals surface area contributed by atoms with E-state index in [1.165, 1.54) is 0 Å². The van der Waals surface area contributed by atoms with Crippen LogP contribution in [0.5, 0.6) is 0 Å². The van der Waals surface area contributed by atoms with E-state index in [-0.39, 0.29) is 25.2 Å². The second-order valence-corrected chi connectivity index (χ2v) is 6.10. The second kappa shape index (κ2) is 8.10. The summed E-state index contributed by atoms with van der Waals surface area (Å²) in [5.74, 6) is -0.607. The quantitative estimate of drug-likeness (QED) is 0.639. The summed E-state index contributed by atoms with van der Waals surface area (Å²) in [6, 6.07) is 0. The molecule has 8 heteroatoms. The van der Waals surface area contributed by atoms with Crippen molar-refractivity contribution in [3.63, 3.8) is 0 Å². The minimum Gasteiger partial charge on any atom is -0.324 e. The molecule has 0 aromatic carbocycles. The van der Waals surface area contributed by atoms with Crippen LogP contribution in [-0.4, -0.2) is 26.4 Å². The number of allylic oxidation sites excluding steroid dienone is 1. The average Bonchev–Trinajstić information content (AvgIpc) is 2.80. The highest BCUT2D eigenvalue weighted by atomic mass is 35.5. The van der Waals surface area contributed by atoms with E-state index < -0.39 is 5.92 Å². The van der Waals surface area contributed by atoms with Crippen LogP contribution >= 0.6 is 24.2 Å². The largest absolute Gasteiger partial charge is 0.324 e. The first-order chi connectivity index (χ1) is 9.55. The predicted molar refractivity (Wildman–Crippen MR) is 83.0 cm³/mol. The Kier molecular flexibility index (Phi) is 7.09. The molecular formula is C13H21ClF2N4S. The lowest BCUT2D eigenvalue weighted by Crippen LogP contribution is -2.25. The summed E-state index contributed by atoms with van der Waals surface area (Å²) in [5.41, 5.74) is 5.61. The fraction of sp³-hybridized carbons (Fsp3) is 0.692. The molecule has 0 spiro atoms. The molecule has 1 heterocycles. The van der Waals surface area contributed by atoms with Gasteiger partial charge in [-0.05, 0) is 18.8 Å². The summed E-state index contributed by atoms with van der Waals surface area (Å²) in [4.78, 5) is 0. The minimum absolute atomic E-state index is 0. The molecule has 2 rings (SSSR count). The number of thioether (sulfide) groups is 1. The second-order valence-electron chi connectivity index (χ2n) is 5.11. The van der Waals surface area contributed by atoms with Gasteiger partial charge >= 0.3 is 0 Å². The normalized spacial score (nSPS) is 18.2. The third-order valence-corrected chi connectivity index (χ3v) is 4.77. The average molecular weight is 339 g/mol. The molecule has 1 aliphatic carbocycles. The molecule has 0 aliphatic heterocycles. The minimum atomic E-state index is -2.46. The van der Waals surface area contributed by atoms with E-state index in [1.807, 2.05) is 4.57 Å². The Morgan fingerprint density at radius 3 is 2.62 bits per heavy atom. The number of hydrogen-bond acceptors (Lipinski definition) is 4. The SMILES string of the molecule is C=CCn1c(CN)nnc1SCC1CCC(F)(F)CC1.Cl. The molecule has 0 radical (unpaired) electrons. The van der Waals surface area contributed by atoms with E-state index in [4.69, 9.17) is 5.73 Å². The van der Waals surface area contributed by atoms with E-state index >= 15 is 0 Å². The highest BCUT2D eigenvalue weighted by Gasteiger charge is 2.34. The van der Waals surface area contributed by atoms with Crippen LogP contribution in [0.4, 0.5) is 8.78 Å². The first-order valence-electron chi connectivity index (χ1n) is 6.79. The Hall–Kier alpha value is -0.660. The number of rotatable bonds is 6.